The summed E-state index contributed by atoms with van der Waals surface area (Å²) in [4.78, 5) is 19.2. The molecule has 5 nitrogen and oxygen atoms in total. The monoisotopic (exact) mass is 291 g/mol. The normalized spacial score (nSPS) is 18.9. The number of rotatable bonds is 4. The number of morpholine rings is 1. The predicted molar refractivity (Wildman–Crippen MR) is 83.8 cm³/mol. The molecule has 1 fully saturated rings. The topological polar surface area (TPSA) is 54.5 Å². The molecule has 0 aliphatic carbocycles. The summed E-state index contributed by atoms with van der Waals surface area (Å²) in [5, 5.41) is 3.21. The van der Waals surface area contributed by atoms with Crippen molar-refractivity contribution in [2.24, 2.45) is 0 Å². The minimum atomic E-state index is 0.0641. The second-order valence-electron chi connectivity index (χ2n) is 5.77. The number of carbonyl (C=O) groups excluding carboxylic acids is 1. The van der Waals surface area contributed by atoms with Crippen molar-refractivity contribution in [1.82, 2.24) is 9.88 Å². The molecule has 1 aliphatic heterocycles. The third kappa shape index (κ3) is 3.73. The SMILES string of the molecule is CCNc1cc(C(=O)N2CCOCC2C)cc(C(C)C)n1. The van der Waals surface area contributed by atoms with Gasteiger partial charge in [0.05, 0.1) is 19.3 Å². The molecule has 1 aromatic rings. The fourth-order valence-corrected chi connectivity index (χ4v) is 2.44. The van der Waals surface area contributed by atoms with Crippen molar-refractivity contribution in [3.8, 4) is 0 Å². The lowest BCUT2D eigenvalue weighted by molar-refractivity contribution is 0.00358. The summed E-state index contributed by atoms with van der Waals surface area (Å²) in [6.07, 6.45) is 0. The van der Waals surface area contributed by atoms with Crippen LogP contribution in [-0.4, -0.2) is 48.1 Å². The summed E-state index contributed by atoms with van der Waals surface area (Å²) >= 11 is 0. The predicted octanol–water partition coefficient (Wildman–Crippen LogP) is 2.50. The highest BCUT2D eigenvalue weighted by molar-refractivity contribution is 5.95. The second kappa shape index (κ2) is 6.89. The van der Waals surface area contributed by atoms with Crippen LogP contribution in [0.2, 0.25) is 0 Å². The van der Waals surface area contributed by atoms with E-state index in [4.69, 9.17) is 4.74 Å². The van der Waals surface area contributed by atoms with Crippen molar-refractivity contribution in [3.05, 3.63) is 23.4 Å². The molecule has 116 valence electrons. The van der Waals surface area contributed by atoms with E-state index in [0.29, 0.717) is 25.3 Å². The van der Waals surface area contributed by atoms with Crippen LogP contribution in [0.1, 0.15) is 49.7 Å². The average Bonchev–Trinajstić information content (AvgIpc) is 2.47. The van der Waals surface area contributed by atoms with Gasteiger partial charge in [0.15, 0.2) is 0 Å². The maximum Gasteiger partial charge on any atom is 0.254 e. The Labute approximate surface area is 126 Å². The number of nitrogens with one attached hydrogen (secondary N) is 1. The van der Waals surface area contributed by atoms with Gasteiger partial charge in [0.1, 0.15) is 5.82 Å². The number of carbonyl (C=O) groups is 1. The van der Waals surface area contributed by atoms with Gasteiger partial charge >= 0.3 is 0 Å². The van der Waals surface area contributed by atoms with Gasteiger partial charge in [-0.1, -0.05) is 13.8 Å². The summed E-state index contributed by atoms with van der Waals surface area (Å²) in [7, 11) is 0. The summed E-state index contributed by atoms with van der Waals surface area (Å²) in [6, 6.07) is 3.88. The van der Waals surface area contributed by atoms with Crippen LogP contribution in [0, 0.1) is 0 Å². The molecular formula is C16H25N3O2. The highest BCUT2D eigenvalue weighted by Crippen LogP contribution is 2.20. The van der Waals surface area contributed by atoms with Crippen molar-refractivity contribution >= 4 is 11.7 Å². The van der Waals surface area contributed by atoms with Gasteiger partial charge in [0.25, 0.3) is 5.91 Å². The number of hydrogen-bond donors (Lipinski definition) is 1. The lowest BCUT2D eigenvalue weighted by Gasteiger charge is -2.33. The molecule has 5 heteroatoms. The average molecular weight is 291 g/mol. The Morgan fingerprint density at radius 3 is 2.90 bits per heavy atom. The first-order chi connectivity index (χ1) is 10.0. The van der Waals surface area contributed by atoms with Crippen LogP contribution in [0.15, 0.2) is 12.1 Å². The highest BCUT2D eigenvalue weighted by Gasteiger charge is 2.25. The summed E-state index contributed by atoms with van der Waals surface area (Å²) in [5.41, 5.74) is 1.65. The zero-order valence-corrected chi connectivity index (χ0v) is 13.3. The molecule has 1 unspecified atom stereocenters. The van der Waals surface area contributed by atoms with Crippen LogP contribution in [0.25, 0.3) is 0 Å². The molecule has 21 heavy (non-hydrogen) atoms. The first-order valence-corrected chi connectivity index (χ1v) is 7.67. The Morgan fingerprint density at radius 2 is 2.29 bits per heavy atom. The maximum absolute atomic E-state index is 12.8. The molecule has 1 saturated heterocycles. The van der Waals surface area contributed by atoms with Gasteiger partial charge in [-0.05, 0) is 31.9 Å². The summed E-state index contributed by atoms with van der Waals surface area (Å²) < 4.78 is 5.40. The first-order valence-electron chi connectivity index (χ1n) is 7.67. The molecule has 1 amide bonds. The molecule has 0 bridgehead atoms. The van der Waals surface area contributed by atoms with Gasteiger partial charge in [0.2, 0.25) is 0 Å². The Kier molecular flexibility index (Phi) is 5.17. The van der Waals surface area contributed by atoms with Crippen LogP contribution in [0.5, 0.6) is 0 Å². The van der Waals surface area contributed by atoms with E-state index in [-0.39, 0.29) is 17.9 Å². The van der Waals surface area contributed by atoms with Gasteiger partial charge in [-0.15, -0.1) is 0 Å². The molecule has 2 rings (SSSR count). The van der Waals surface area contributed by atoms with Gasteiger partial charge in [-0.2, -0.15) is 0 Å². The molecule has 2 heterocycles. The lowest BCUT2D eigenvalue weighted by atomic mass is 10.1. The number of amides is 1. The molecule has 1 aliphatic rings. The quantitative estimate of drug-likeness (QED) is 0.926. The molecule has 0 saturated carbocycles. The minimum Gasteiger partial charge on any atom is -0.377 e. The van der Waals surface area contributed by atoms with Gasteiger partial charge in [0, 0.05) is 24.3 Å². The van der Waals surface area contributed by atoms with E-state index < -0.39 is 0 Å². The molecule has 1 N–H and O–H groups in total. The molecule has 1 aromatic heterocycles. The molecular weight excluding hydrogens is 266 g/mol. The Balaban J connectivity index is 2.30. The molecule has 0 spiro atoms. The van der Waals surface area contributed by atoms with Crippen LogP contribution >= 0.6 is 0 Å². The van der Waals surface area contributed by atoms with Crippen LogP contribution < -0.4 is 5.32 Å². The van der Waals surface area contributed by atoms with Gasteiger partial charge in [-0.25, -0.2) is 4.98 Å². The third-order valence-electron chi connectivity index (χ3n) is 3.67. The van der Waals surface area contributed by atoms with E-state index in [0.717, 1.165) is 18.1 Å². The van der Waals surface area contributed by atoms with Gasteiger partial charge < -0.3 is 15.0 Å². The fourth-order valence-electron chi connectivity index (χ4n) is 2.44. The maximum atomic E-state index is 12.8. The third-order valence-corrected chi connectivity index (χ3v) is 3.67. The number of ether oxygens (including phenoxy) is 1. The van der Waals surface area contributed by atoms with E-state index in [1.54, 1.807) is 0 Å². The zero-order valence-electron chi connectivity index (χ0n) is 13.3. The fraction of sp³-hybridized carbons (Fsp3) is 0.625. The smallest absolute Gasteiger partial charge is 0.254 e. The van der Waals surface area contributed by atoms with Crippen molar-refractivity contribution in [2.45, 2.75) is 39.7 Å². The van der Waals surface area contributed by atoms with E-state index in [9.17, 15) is 4.79 Å². The molecule has 1 atom stereocenters. The van der Waals surface area contributed by atoms with Crippen molar-refractivity contribution in [1.29, 1.82) is 0 Å². The van der Waals surface area contributed by atoms with Crippen LogP contribution in [0.4, 0.5) is 5.82 Å². The van der Waals surface area contributed by atoms with E-state index in [2.05, 4.69) is 24.1 Å². The van der Waals surface area contributed by atoms with Crippen LogP contribution in [-0.2, 0) is 4.74 Å². The number of pyridine rings is 1. The first kappa shape index (κ1) is 15.8. The Bertz CT molecular complexity index is 502. The lowest BCUT2D eigenvalue weighted by Crippen LogP contribution is -2.47. The molecule has 0 radical (unpaired) electrons. The number of anilines is 1. The molecule has 0 aromatic carbocycles. The minimum absolute atomic E-state index is 0.0641. The standard InChI is InChI=1S/C16H25N3O2/c1-5-17-15-9-13(8-14(18-15)11(2)3)16(20)19-6-7-21-10-12(19)4/h8-9,11-12H,5-7,10H2,1-4H3,(H,17,18). The van der Waals surface area contributed by atoms with E-state index in [1.807, 2.05) is 30.9 Å². The zero-order chi connectivity index (χ0) is 15.4. The largest absolute Gasteiger partial charge is 0.377 e. The van der Waals surface area contributed by atoms with Crippen LogP contribution in [0.3, 0.4) is 0 Å². The number of aromatic nitrogens is 1. The van der Waals surface area contributed by atoms with Crippen molar-refractivity contribution in [3.63, 3.8) is 0 Å². The number of hydrogen-bond acceptors (Lipinski definition) is 4. The number of nitrogens with zero attached hydrogens (tertiary/aromatic N) is 2. The second-order valence-corrected chi connectivity index (χ2v) is 5.77. The van der Waals surface area contributed by atoms with E-state index >= 15 is 0 Å². The Morgan fingerprint density at radius 1 is 1.52 bits per heavy atom. The van der Waals surface area contributed by atoms with Gasteiger partial charge in [-0.3, -0.25) is 4.79 Å². The summed E-state index contributed by atoms with van der Waals surface area (Å²) in [5.74, 6) is 1.12. The summed E-state index contributed by atoms with van der Waals surface area (Å²) in [6.45, 7) is 10.9. The van der Waals surface area contributed by atoms with E-state index in [1.165, 1.54) is 0 Å². The van der Waals surface area contributed by atoms with Crippen molar-refractivity contribution < 1.29 is 9.53 Å². The Hall–Kier alpha value is -1.62. The highest BCUT2D eigenvalue weighted by atomic mass is 16.5. The van der Waals surface area contributed by atoms with Crippen molar-refractivity contribution in [2.75, 3.05) is 31.6 Å².